The summed E-state index contributed by atoms with van der Waals surface area (Å²) in [4.78, 5) is 40.7. The first-order chi connectivity index (χ1) is 16.4. The van der Waals surface area contributed by atoms with Crippen molar-refractivity contribution < 1.29 is 27.5 Å². The van der Waals surface area contributed by atoms with Crippen molar-refractivity contribution in [2.24, 2.45) is 0 Å². The number of aromatic nitrogens is 1. The van der Waals surface area contributed by atoms with Crippen LogP contribution < -0.4 is 0 Å². The molecule has 1 saturated heterocycles. The van der Waals surface area contributed by atoms with E-state index in [0.29, 0.717) is 37.2 Å². The Labute approximate surface area is 196 Å². The van der Waals surface area contributed by atoms with E-state index in [-0.39, 0.29) is 35.0 Å². The van der Waals surface area contributed by atoms with Gasteiger partial charge in [-0.05, 0) is 18.2 Å². The van der Waals surface area contributed by atoms with Crippen LogP contribution in [0.3, 0.4) is 0 Å². The van der Waals surface area contributed by atoms with Crippen LogP contribution in [-0.4, -0.2) is 79.1 Å². The fourth-order valence-electron chi connectivity index (χ4n) is 4.41. The molecule has 1 fully saturated rings. The fourth-order valence-corrected chi connectivity index (χ4v) is 5.85. The van der Waals surface area contributed by atoms with Crippen LogP contribution in [0.15, 0.2) is 59.6 Å². The minimum absolute atomic E-state index is 0.00837. The number of hydrogen-bond donors (Lipinski definition) is 0. The molecular formula is C24H23N3O6S. The average molecular weight is 482 g/mol. The van der Waals surface area contributed by atoms with Crippen LogP contribution in [0, 0.1) is 0 Å². The lowest BCUT2D eigenvalue weighted by molar-refractivity contribution is -0.135. The minimum Gasteiger partial charge on any atom is -0.378 e. The molecule has 34 heavy (non-hydrogen) atoms. The highest BCUT2D eigenvalue weighted by Crippen LogP contribution is 2.28. The largest absolute Gasteiger partial charge is 0.378 e. The highest BCUT2D eigenvalue weighted by Gasteiger charge is 2.36. The molecule has 1 aromatic heterocycles. The number of carbonyl (C=O) groups excluding carboxylic acids is 3. The van der Waals surface area contributed by atoms with Gasteiger partial charge in [0.05, 0.1) is 35.0 Å². The van der Waals surface area contributed by atoms with Crippen molar-refractivity contribution in [1.82, 2.24) is 14.4 Å². The first kappa shape index (κ1) is 22.3. The van der Waals surface area contributed by atoms with Gasteiger partial charge in [-0.15, -0.1) is 0 Å². The number of imide groups is 1. The highest BCUT2D eigenvalue weighted by molar-refractivity contribution is 7.91. The summed E-state index contributed by atoms with van der Waals surface area (Å²) in [6, 6.07) is 13.4. The summed E-state index contributed by atoms with van der Waals surface area (Å²) in [5.41, 5.74) is 1.19. The smallest absolute Gasteiger partial charge is 0.261 e. The summed E-state index contributed by atoms with van der Waals surface area (Å²) >= 11 is 0. The zero-order chi connectivity index (χ0) is 23.9. The minimum atomic E-state index is -3.86. The van der Waals surface area contributed by atoms with E-state index in [2.05, 4.69) is 0 Å². The molecule has 0 atom stereocenters. The number of amides is 3. The standard InChI is InChI=1S/C24H23N3O6S/c28-22(25-9-12-33-13-10-25)16-26-15-21(19-7-3-4-8-20(19)26)34(31,32)14-11-27-23(29)17-5-1-2-6-18(17)24(27)30/h1-8,15H,9-14,16H2. The Morgan fingerprint density at radius 3 is 2.21 bits per heavy atom. The van der Waals surface area contributed by atoms with Gasteiger partial charge >= 0.3 is 0 Å². The van der Waals surface area contributed by atoms with Crippen LogP contribution >= 0.6 is 0 Å². The van der Waals surface area contributed by atoms with Crippen molar-refractivity contribution in [1.29, 1.82) is 0 Å². The Morgan fingerprint density at radius 1 is 0.912 bits per heavy atom. The molecule has 2 aliphatic heterocycles. The van der Waals surface area contributed by atoms with E-state index in [0.717, 1.165) is 4.90 Å². The van der Waals surface area contributed by atoms with Gasteiger partial charge < -0.3 is 14.2 Å². The molecule has 0 N–H and O–H groups in total. The number of para-hydroxylation sites is 1. The Bertz CT molecular complexity index is 1370. The Balaban J connectivity index is 1.39. The van der Waals surface area contributed by atoms with E-state index in [1.165, 1.54) is 6.20 Å². The van der Waals surface area contributed by atoms with Gasteiger partial charge in [0.1, 0.15) is 6.54 Å². The maximum atomic E-state index is 13.3. The van der Waals surface area contributed by atoms with E-state index in [9.17, 15) is 22.8 Å². The van der Waals surface area contributed by atoms with E-state index in [1.54, 1.807) is 58.0 Å². The van der Waals surface area contributed by atoms with Crippen molar-refractivity contribution in [3.8, 4) is 0 Å². The van der Waals surface area contributed by atoms with E-state index in [1.807, 2.05) is 0 Å². The average Bonchev–Trinajstić information content (AvgIpc) is 3.34. The molecule has 0 bridgehead atoms. The number of morpholine rings is 1. The number of ether oxygens (including phenoxy) is 1. The molecule has 0 unspecified atom stereocenters. The quantitative estimate of drug-likeness (QED) is 0.495. The SMILES string of the molecule is O=C(Cn1cc(S(=O)(=O)CCN2C(=O)c3ccccc3C2=O)c2ccccc21)N1CCOCC1. The molecule has 0 radical (unpaired) electrons. The van der Waals surface area contributed by atoms with Gasteiger partial charge in [0, 0.05) is 36.7 Å². The monoisotopic (exact) mass is 481 g/mol. The number of hydrogen-bond acceptors (Lipinski definition) is 6. The lowest BCUT2D eigenvalue weighted by atomic mass is 10.1. The van der Waals surface area contributed by atoms with Crippen LogP contribution in [-0.2, 0) is 25.9 Å². The lowest BCUT2D eigenvalue weighted by Gasteiger charge is -2.27. The molecule has 0 saturated carbocycles. The van der Waals surface area contributed by atoms with Crippen LogP contribution in [0.1, 0.15) is 20.7 Å². The summed E-state index contributed by atoms with van der Waals surface area (Å²) in [5.74, 6) is -1.51. The second-order valence-corrected chi connectivity index (χ2v) is 10.3. The van der Waals surface area contributed by atoms with Crippen LogP contribution in [0.2, 0.25) is 0 Å². The van der Waals surface area contributed by atoms with Crippen molar-refractivity contribution in [3.05, 3.63) is 65.9 Å². The molecule has 0 spiro atoms. The van der Waals surface area contributed by atoms with E-state index >= 15 is 0 Å². The normalized spacial score (nSPS) is 16.4. The molecule has 176 valence electrons. The summed E-state index contributed by atoms with van der Waals surface area (Å²) in [6.45, 7) is 1.73. The van der Waals surface area contributed by atoms with Gasteiger partial charge in [-0.2, -0.15) is 0 Å². The molecule has 5 rings (SSSR count). The van der Waals surface area contributed by atoms with Crippen LogP contribution in [0.5, 0.6) is 0 Å². The maximum absolute atomic E-state index is 13.3. The number of sulfone groups is 1. The Morgan fingerprint density at radius 2 is 1.53 bits per heavy atom. The number of nitrogens with zero attached hydrogens (tertiary/aromatic N) is 3. The zero-order valence-corrected chi connectivity index (χ0v) is 19.2. The zero-order valence-electron chi connectivity index (χ0n) is 18.3. The first-order valence-electron chi connectivity index (χ1n) is 11.0. The molecule has 2 aromatic carbocycles. The predicted molar refractivity (Wildman–Crippen MR) is 123 cm³/mol. The second kappa shape index (κ2) is 8.69. The third kappa shape index (κ3) is 3.88. The molecule has 9 nitrogen and oxygen atoms in total. The molecule has 0 aliphatic carbocycles. The number of rotatable bonds is 6. The highest BCUT2D eigenvalue weighted by atomic mass is 32.2. The molecular weight excluding hydrogens is 458 g/mol. The van der Waals surface area contributed by atoms with Gasteiger partial charge in [0.2, 0.25) is 5.91 Å². The lowest BCUT2D eigenvalue weighted by Crippen LogP contribution is -2.42. The molecule has 2 aliphatic rings. The maximum Gasteiger partial charge on any atom is 0.261 e. The number of benzene rings is 2. The van der Waals surface area contributed by atoms with Crippen molar-refractivity contribution >= 4 is 38.5 Å². The Kier molecular flexibility index (Phi) is 5.70. The van der Waals surface area contributed by atoms with Gasteiger partial charge in [-0.1, -0.05) is 30.3 Å². The van der Waals surface area contributed by atoms with E-state index in [4.69, 9.17) is 4.74 Å². The summed E-state index contributed by atoms with van der Waals surface area (Å²) < 4.78 is 33.6. The number of carbonyl (C=O) groups is 3. The van der Waals surface area contributed by atoms with Gasteiger partial charge in [-0.3, -0.25) is 19.3 Å². The van der Waals surface area contributed by atoms with Crippen molar-refractivity contribution in [3.63, 3.8) is 0 Å². The third-order valence-corrected chi connectivity index (χ3v) is 7.93. The fraction of sp³-hybridized carbons (Fsp3) is 0.292. The Hall–Kier alpha value is -3.50. The first-order valence-corrected chi connectivity index (χ1v) is 12.6. The third-order valence-electron chi connectivity index (χ3n) is 6.22. The van der Waals surface area contributed by atoms with Crippen molar-refractivity contribution in [2.75, 3.05) is 38.6 Å². The topological polar surface area (TPSA) is 106 Å². The van der Waals surface area contributed by atoms with Crippen LogP contribution in [0.25, 0.3) is 10.9 Å². The summed E-state index contributed by atoms with van der Waals surface area (Å²) in [7, 11) is -3.86. The van der Waals surface area contributed by atoms with Gasteiger partial charge in [0.25, 0.3) is 11.8 Å². The van der Waals surface area contributed by atoms with Gasteiger partial charge in [0.15, 0.2) is 9.84 Å². The molecule has 3 heterocycles. The number of fused-ring (bicyclic) bond motifs is 2. The predicted octanol–water partition coefficient (Wildman–Crippen LogP) is 1.57. The van der Waals surface area contributed by atoms with Gasteiger partial charge in [-0.25, -0.2) is 8.42 Å². The molecule has 10 heteroatoms. The van der Waals surface area contributed by atoms with Crippen LogP contribution in [0.4, 0.5) is 0 Å². The van der Waals surface area contributed by atoms with Crippen molar-refractivity contribution in [2.45, 2.75) is 11.4 Å². The second-order valence-electron chi connectivity index (χ2n) is 8.26. The molecule has 3 amide bonds. The summed E-state index contributed by atoms with van der Waals surface area (Å²) in [6.07, 6.45) is 1.47. The van der Waals surface area contributed by atoms with E-state index < -0.39 is 27.4 Å². The summed E-state index contributed by atoms with van der Waals surface area (Å²) in [5, 5.41) is 0.500. The molecule has 3 aromatic rings.